The summed E-state index contributed by atoms with van der Waals surface area (Å²) in [7, 11) is -3.61. The molecular weight excluding hydrogens is 290 g/mol. The normalized spacial score (nSPS) is 11.6. The largest absolute Gasteiger partial charge is 0.494 e. The zero-order valence-electron chi connectivity index (χ0n) is 12.3. The summed E-state index contributed by atoms with van der Waals surface area (Å²) in [6.45, 7) is 6.13. The molecule has 5 nitrogen and oxygen atoms in total. The standard InChI is InChI=1S/C15H19NO4S/c1-4-19-14-9-15(12(3)8-11(14)2)21(17,18)16-10-13-6-5-7-20-13/h5-9,16H,4,10H2,1-3H3. The van der Waals surface area contributed by atoms with Crippen molar-refractivity contribution in [1.82, 2.24) is 4.72 Å². The van der Waals surface area contributed by atoms with Crippen molar-refractivity contribution in [3.8, 4) is 5.75 Å². The van der Waals surface area contributed by atoms with Crippen molar-refractivity contribution in [1.29, 1.82) is 0 Å². The summed E-state index contributed by atoms with van der Waals surface area (Å²) in [5.74, 6) is 1.15. The van der Waals surface area contributed by atoms with Gasteiger partial charge >= 0.3 is 0 Å². The van der Waals surface area contributed by atoms with Gasteiger partial charge in [-0.15, -0.1) is 0 Å². The highest BCUT2D eigenvalue weighted by Crippen LogP contribution is 2.26. The van der Waals surface area contributed by atoms with E-state index >= 15 is 0 Å². The first-order valence-corrected chi connectivity index (χ1v) is 8.18. The summed E-state index contributed by atoms with van der Waals surface area (Å²) in [4.78, 5) is 0.225. The number of ether oxygens (including phenoxy) is 1. The molecule has 0 atom stereocenters. The number of nitrogens with one attached hydrogen (secondary N) is 1. The van der Waals surface area contributed by atoms with E-state index in [2.05, 4.69) is 4.72 Å². The average molecular weight is 309 g/mol. The molecule has 0 fully saturated rings. The molecule has 114 valence electrons. The molecule has 0 spiro atoms. The Bertz CT molecular complexity index is 706. The Morgan fingerprint density at radius 2 is 2.00 bits per heavy atom. The summed E-state index contributed by atoms with van der Waals surface area (Å²) in [6, 6.07) is 6.81. The van der Waals surface area contributed by atoms with Crippen molar-refractivity contribution in [3.63, 3.8) is 0 Å². The van der Waals surface area contributed by atoms with E-state index in [1.54, 1.807) is 25.1 Å². The van der Waals surface area contributed by atoms with Gasteiger partial charge in [-0.3, -0.25) is 0 Å². The molecule has 2 aromatic rings. The highest BCUT2D eigenvalue weighted by molar-refractivity contribution is 7.89. The Labute approximate surface area is 125 Å². The predicted molar refractivity (Wildman–Crippen MR) is 79.8 cm³/mol. The smallest absolute Gasteiger partial charge is 0.241 e. The van der Waals surface area contributed by atoms with Crippen molar-refractivity contribution in [3.05, 3.63) is 47.4 Å². The minimum Gasteiger partial charge on any atom is -0.494 e. The molecule has 0 aliphatic rings. The van der Waals surface area contributed by atoms with E-state index in [4.69, 9.17) is 9.15 Å². The van der Waals surface area contributed by atoms with Crippen molar-refractivity contribution < 1.29 is 17.6 Å². The Balaban J connectivity index is 2.28. The van der Waals surface area contributed by atoms with E-state index in [1.165, 1.54) is 6.26 Å². The molecule has 0 aliphatic carbocycles. The fourth-order valence-corrected chi connectivity index (χ4v) is 3.30. The van der Waals surface area contributed by atoms with Crippen LogP contribution in [0.5, 0.6) is 5.75 Å². The van der Waals surface area contributed by atoms with Gasteiger partial charge in [-0.1, -0.05) is 6.07 Å². The molecule has 0 saturated heterocycles. The SMILES string of the molecule is CCOc1cc(S(=O)(=O)NCc2ccco2)c(C)cc1C. The van der Waals surface area contributed by atoms with Gasteiger partial charge in [0.1, 0.15) is 11.5 Å². The molecule has 0 radical (unpaired) electrons. The predicted octanol–water partition coefficient (Wildman–Crippen LogP) is 2.77. The second kappa shape index (κ2) is 6.32. The third kappa shape index (κ3) is 3.65. The first-order chi connectivity index (χ1) is 9.94. The second-order valence-electron chi connectivity index (χ2n) is 4.72. The van der Waals surface area contributed by atoms with Crippen LogP contribution < -0.4 is 9.46 Å². The number of aryl methyl sites for hydroxylation is 2. The van der Waals surface area contributed by atoms with Crippen LogP contribution in [0.25, 0.3) is 0 Å². The highest BCUT2D eigenvalue weighted by Gasteiger charge is 2.19. The van der Waals surface area contributed by atoms with Gasteiger partial charge in [-0.25, -0.2) is 13.1 Å². The van der Waals surface area contributed by atoms with Gasteiger partial charge in [0, 0.05) is 6.07 Å². The Morgan fingerprint density at radius 3 is 2.62 bits per heavy atom. The third-order valence-corrected chi connectivity index (χ3v) is 4.62. The summed E-state index contributed by atoms with van der Waals surface area (Å²) >= 11 is 0. The lowest BCUT2D eigenvalue weighted by atomic mass is 10.1. The number of hydrogen-bond acceptors (Lipinski definition) is 4. The van der Waals surface area contributed by atoms with E-state index in [9.17, 15) is 8.42 Å². The maximum absolute atomic E-state index is 12.4. The Hall–Kier alpha value is -1.79. The van der Waals surface area contributed by atoms with Gasteiger partial charge in [-0.2, -0.15) is 0 Å². The minimum absolute atomic E-state index is 0.118. The molecule has 1 aromatic carbocycles. The van der Waals surface area contributed by atoms with Gasteiger partial charge < -0.3 is 9.15 Å². The molecule has 2 rings (SSSR count). The molecule has 1 N–H and O–H groups in total. The molecule has 0 bridgehead atoms. The molecule has 0 aliphatic heterocycles. The van der Waals surface area contributed by atoms with Crippen LogP contribution in [0, 0.1) is 13.8 Å². The maximum atomic E-state index is 12.4. The lowest BCUT2D eigenvalue weighted by Gasteiger charge is -2.13. The molecular formula is C15H19NO4S. The minimum atomic E-state index is -3.61. The third-order valence-electron chi connectivity index (χ3n) is 3.08. The number of hydrogen-bond donors (Lipinski definition) is 1. The molecule has 0 unspecified atom stereocenters. The number of benzene rings is 1. The number of rotatable bonds is 6. The lowest BCUT2D eigenvalue weighted by Crippen LogP contribution is -2.24. The topological polar surface area (TPSA) is 68.5 Å². The second-order valence-corrected chi connectivity index (χ2v) is 6.46. The monoisotopic (exact) mass is 309 g/mol. The molecule has 0 saturated carbocycles. The van der Waals surface area contributed by atoms with Crippen molar-refractivity contribution in [2.24, 2.45) is 0 Å². The number of sulfonamides is 1. The first-order valence-electron chi connectivity index (χ1n) is 6.70. The van der Waals surface area contributed by atoms with Crippen LogP contribution >= 0.6 is 0 Å². The first kappa shape index (κ1) is 15.6. The molecule has 6 heteroatoms. The van der Waals surface area contributed by atoms with Crippen LogP contribution in [0.3, 0.4) is 0 Å². The zero-order chi connectivity index (χ0) is 15.5. The van der Waals surface area contributed by atoms with Gasteiger partial charge in [0.15, 0.2) is 0 Å². The number of furan rings is 1. The Morgan fingerprint density at radius 1 is 1.24 bits per heavy atom. The summed E-state index contributed by atoms with van der Waals surface area (Å²) in [5.41, 5.74) is 1.60. The van der Waals surface area contributed by atoms with Crippen LogP contribution in [-0.4, -0.2) is 15.0 Å². The quantitative estimate of drug-likeness (QED) is 0.891. The van der Waals surface area contributed by atoms with Crippen LogP contribution in [-0.2, 0) is 16.6 Å². The van der Waals surface area contributed by atoms with E-state index in [1.807, 2.05) is 19.9 Å². The lowest BCUT2D eigenvalue weighted by molar-refractivity contribution is 0.336. The summed E-state index contributed by atoms with van der Waals surface area (Å²) < 4.78 is 37.9. The van der Waals surface area contributed by atoms with Gasteiger partial charge in [-0.05, 0) is 44.0 Å². The average Bonchev–Trinajstić information content (AvgIpc) is 2.93. The maximum Gasteiger partial charge on any atom is 0.241 e. The van der Waals surface area contributed by atoms with Crippen molar-refractivity contribution in [2.45, 2.75) is 32.2 Å². The van der Waals surface area contributed by atoms with E-state index in [0.717, 1.165) is 5.56 Å². The molecule has 21 heavy (non-hydrogen) atoms. The van der Waals surface area contributed by atoms with Gasteiger partial charge in [0.2, 0.25) is 10.0 Å². The highest BCUT2D eigenvalue weighted by atomic mass is 32.2. The summed E-state index contributed by atoms with van der Waals surface area (Å²) in [5, 5.41) is 0. The molecule has 0 amide bonds. The zero-order valence-corrected chi connectivity index (χ0v) is 13.2. The Kier molecular flexibility index (Phi) is 4.69. The van der Waals surface area contributed by atoms with E-state index in [-0.39, 0.29) is 11.4 Å². The van der Waals surface area contributed by atoms with Gasteiger partial charge in [0.05, 0.1) is 24.3 Å². The fraction of sp³-hybridized carbons (Fsp3) is 0.333. The van der Waals surface area contributed by atoms with Crippen molar-refractivity contribution in [2.75, 3.05) is 6.61 Å². The van der Waals surface area contributed by atoms with Crippen LogP contribution in [0.1, 0.15) is 23.8 Å². The van der Waals surface area contributed by atoms with Crippen molar-refractivity contribution >= 4 is 10.0 Å². The summed E-state index contributed by atoms with van der Waals surface area (Å²) in [6.07, 6.45) is 1.51. The van der Waals surface area contributed by atoms with Gasteiger partial charge in [0.25, 0.3) is 0 Å². The van der Waals surface area contributed by atoms with Crippen LogP contribution in [0.4, 0.5) is 0 Å². The van der Waals surface area contributed by atoms with E-state index < -0.39 is 10.0 Å². The van der Waals surface area contributed by atoms with E-state index in [0.29, 0.717) is 23.7 Å². The van der Waals surface area contributed by atoms with Crippen LogP contribution in [0.2, 0.25) is 0 Å². The molecule has 1 aromatic heterocycles. The fourth-order valence-electron chi connectivity index (χ4n) is 2.07. The van der Waals surface area contributed by atoms with Crippen LogP contribution in [0.15, 0.2) is 39.8 Å². The molecule has 1 heterocycles.